The highest BCUT2D eigenvalue weighted by Gasteiger charge is 2.23. The Balaban J connectivity index is 1.68. The molecule has 0 radical (unpaired) electrons. The molecule has 1 N–H and O–H groups in total. The van der Waals surface area contributed by atoms with E-state index >= 15 is 0 Å². The molecule has 0 saturated carbocycles. The molecule has 3 heterocycles. The zero-order valence-electron chi connectivity index (χ0n) is 15.8. The van der Waals surface area contributed by atoms with Gasteiger partial charge in [0.2, 0.25) is 0 Å². The van der Waals surface area contributed by atoms with Gasteiger partial charge in [0.1, 0.15) is 5.65 Å². The van der Waals surface area contributed by atoms with E-state index < -0.39 is 11.7 Å². The van der Waals surface area contributed by atoms with Crippen molar-refractivity contribution in [2.75, 3.05) is 5.32 Å². The first kappa shape index (κ1) is 20.5. The third-order valence-corrected chi connectivity index (χ3v) is 5.16. The Labute approximate surface area is 186 Å². The number of amides is 1. The topological polar surface area (TPSA) is 101 Å². The van der Waals surface area contributed by atoms with E-state index in [9.17, 15) is 9.59 Å². The minimum Gasteiger partial charge on any atom is -0.327 e. The lowest BCUT2D eigenvalue weighted by atomic mass is 10.1. The lowest BCUT2D eigenvalue weighted by Crippen LogP contribution is -2.23. The Morgan fingerprint density at radius 3 is 2.65 bits per heavy atom. The summed E-state index contributed by atoms with van der Waals surface area (Å²) in [6.07, 6.45) is 5.82. The Kier molecular flexibility index (Phi) is 5.67. The first-order valence-corrected chi connectivity index (χ1v) is 9.81. The highest BCUT2D eigenvalue weighted by atomic mass is 35.5. The highest BCUT2D eigenvalue weighted by Crippen LogP contribution is 2.29. The molecule has 0 aliphatic heterocycles. The summed E-state index contributed by atoms with van der Waals surface area (Å²) in [6.45, 7) is 0.375. The van der Waals surface area contributed by atoms with Crippen molar-refractivity contribution >= 4 is 51.6 Å². The van der Waals surface area contributed by atoms with Crippen LogP contribution in [0.1, 0.15) is 21.5 Å². The largest absolute Gasteiger partial charge is 0.327 e. The monoisotopic (exact) mass is 449 g/mol. The van der Waals surface area contributed by atoms with Gasteiger partial charge in [-0.2, -0.15) is 5.26 Å². The number of benzene rings is 1. The Hall–Kier alpha value is -3.73. The van der Waals surface area contributed by atoms with Crippen molar-refractivity contribution in [2.45, 2.75) is 6.54 Å². The Bertz CT molecular complexity index is 1350. The van der Waals surface area contributed by atoms with Crippen LogP contribution in [0.4, 0.5) is 5.69 Å². The van der Waals surface area contributed by atoms with Crippen LogP contribution in [0.5, 0.6) is 0 Å². The SMILES string of the molecule is N#Cc1cccc(Cn2cc(C(=O)C(=O)Nc3c(Cl)cncc3Cl)c3cccnc32)c1. The van der Waals surface area contributed by atoms with Gasteiger partial charge in [0.05, 0.1) is 32.9 Å². The molecule has 4 rings (SSSR count). The molecule has 1 aromatic carbocycles. The maximum Gasteiger partial charge on any atom is 0.296 e. The molecule has 0 spiro atoms. The van der Waals surface area contributed by atoms with Crippen molar-refractivity contribution in [1.29, 1.82) is 5.26 Å². The summed E-state index contributed by atoms with van der Waals surface area (Å²) in [5.41, 5.74) is 2.25. The van der Waals surface area contributed by atoms with E-state index in [-0.39, 0.29) is 21.3 Å². The van der Waals surface area contributed by atoms with Gasteiger partial charge in [-0.1, -0.05) is 35.3 Å². The van der Waals surface area contributed by atoms with Crippen molar-refractivity contribution in [1.82, 2.24) is 14.5 Å². The number of anilines is 1. The maximum atomic E-state index is 13.0. The Morgan fingerprint density at radius 2 is 1.90 bits per heavy atom. The first-order valence-electron chi connectivity index (χ1n) is 9.05. The number of halogens is 2. The quantitative estimate of drug-likeness (QED) is 0.357. The summed E-state index contributed by atoms with van der Waals surface area (Å²) in [4.78, 5) is 33.8. The van der Waals surface area contributed by atoms with Gasteiger partial charge >= 0.3 is 0 Å². The Morgan fingerprint density at radius 1 is 1.13 bits per heavy atom. The number of Topliss-reactive ketones (excluding diaryl/α,β-unsaturated/α-hetero) is 1. The predicted octanol–water partition coefficient (Wildman–Crippen LogP) is 4.48. The van der Waals surface area contributed by atoms with Gasteiger partial charge < -0.3 is 9.88 Å². The molecule has 31 heavy (non-hydrogen) atoms. The van der Waals surface area contributed by atoms with E-state index in [1.54, 1.807) is 47.3 Å². The van der Waals surface area contributed by atoms with Crippen LogP contribution in [0, 0.1) is 11.3 Å². The zero-order valence-corrected chi connectivity index (χ0v) is 17.4. The maximum absolute atomic E-state index is 13.0. The molecule has 0 aliphatic carbocycles. The molecule has 4 aromatic rings. The number of nitriles is 1. The average molecular weight is 450 g/mol. The minimum atomic E-state index is -0.885. The van der Waals surface area contributed by atoms with Gasteiger partial charge in [-0.15, -0.1) is 0 Å². The van der Waals surface area contributed by atoms with E-state index in [4.69, 9.17) is 28.5 Å². The second kappa shape index (κ2) is 8.56. The zero-order chi connectivity index (χ0) is 22.0. The third kappa shape index (κ3) is 4.12. The van der Waals surface area contributed by atoms with Gasteiger partial charge in [0, 0.05) is 36.7 Å². The number of fused-ring (bicyclic) bond motifs is 1. The molecule has 7 nitrogen and oxygen atoms in total. The van der Waals surface area contributed by atoms with Crippen LogP contribution in [0.15, 0.2) is 61.2 Å². The molecule has 0 unspecified atom stereocenters. The van der Waals surface area contributed by atoms with Crippen molar-refractivity contribution in [3.63, 3.8) is 0 Å². The number of rotatable bonds is 5. The fraction of sp³-hybridized carbons (Fsp3) is 0.0455. The van der Waals surface area contributed by atoms with E-state index in [2.05, 4.69) is 21.4 Å². The molecule has 0 saturated heterocycles. The molecule has 0 atom stereocenters. The fourth-order valence-corrected chi connectivity index (χ4v) is 3.64. The summed E-state index contributed by atoms with van der Waals surface area (Å²) in [5, 5.41) is 12.3. The van der Waals surface area contributed by atoms with Crippen LogP contribution < -0.4 is 5.32 Å². The summed E-state index contributed by atoms with van der Waals surface area (Å²) in [6, 6.07) is 12.6. The average Bonchev–Trinajstić information content (AvgIpc) is 3.14. The van der Waals surface area contributed by atoms with Crippen LogP contribution >= 0.6 is 23.2 Å². The third-order valence-electron chi connectivity index (χ3n) is 4.59. The summed E-state index contributed by atoms with van der Waals surface area (Å²) in [5.74, 6) is -1.64. The minimum absolute atomic E-state index is 0.117. The van der Waals surface area contributed by atoms with Crippen LogP contribution in [-0.2, 0) is 11.3 Å². The molecule has 1 amide bonds. The summed E-state index contributed by atoms with van der Waals surface area (Å²) in [7, 11) is 0. The van der Waals surface area contributed by atoms with Crippen molar-refractivity contribution in [2.24, 2.45) is 0 Å². The van der Waals surface area contributed by atoms with Gasteiger partial charge in [0.25, 0.3) is 11.7 Å². The normalized spacial score (nSPS) is 10.6. The van der Waals surface area contributed by atoms with E-state index in [0.29, 0.717) is 23.1 Å². The number of aromatic nitrogens is 3. The number of pyridine rings is 2. The van der Waals surface area contributed by atoms with Gasteiger partial charge in [-0.05, 0) is 29.8 Å². The van der Waals surface area contributed by atoms with Crippen molar-refractivity contribution < 1.29 is 9.59 Å². The van der Waals surface area contributed by atoms with E-state index in [0.717, 1.165) is 5.56 Å². The lowest BCUT2D eigenvalue weighted by Gasteiger charge is -2.07. The number of nitrogens with zero attached hydrogens (tertiary/aromatic N) is 4. The molecule has 3 aromatic heterocycles. The lowest BCUT2D eigenvalue weighted by molar-refractivity contribution is -0.112. The number of carbonyl (C=O) groups is 2. The number of carbonyl (C=O) groups excluding carboxylic acids is 2. The number of nitrogens with one attached hydrogen (secondary N) is 1. The van der Waals surface area contributed by atoms with E-state index in [1.165, 1.54) is 12.4 Å². The fourth-order valence-electron chi connectivity index (χ4n) is 3.18. The van der Waals surface area contributed by atoms with Crippen LogP contribution in [0.25, 0.3) is 11.0 Å². The first-order chi connectivity index (χ1) is 15.0. The molecule has 0 bridgehead atoms. The second-order valence-electron chi connectivity index (χ2n) is 6.62. The molecule has 9 heteroatoms. The van der Waals surface area contributed by atoms with Gasteiger partial charge in [0.15, 0.2) is 0 Å². The predicted molar refractivity (Wildman–Crippen MR) is 117 cm³/mol. The standard InChI is InChI=1S/C22H13Cl2N5O2/c23-17-9-26-10-18(24)19(17)28-22(31)20(30)16-12-29(21-15(16)5-2-6-27-21)11-14-4-1-3-13(7-14)8-25/h1-7,9-10,12H,11H2,(H,26,28,31). The molecular weight excluding hydrogens is 437 g/mol. The highest BCUT2D eigenvalue weighted by molar-refractivity contribution is 6.50. The van der Waals surface area contributed by atoms with Crippen molar-refractivity contribution in [3.8, 4) is 6.07 Å². The van der Waals surface area contributed by atoms with Crippen LogP contribution in [-0.4, -0.2) is 26.2 Å². The molecule has 0 fully saturated rings. The molecular formula is C22H13Cl2N5O2. The molecule has 0 aliphatic rings. The summed E-state index contributed by atoms with van der Waals surface area (Å²) < 4.78 is 1.76. The molecule has 152 valence electrons. The summed E-state index contributed by atoms with van der Waals surface area (Å²) >= 11 is 12.1. The number of hydrogen-bond acceptors (Lipinski definition) is 5. The second-order valence-corrected chi connectivity index (χ2v) is 7.43. The van der Waals surface area contributed by atoms with Crippen LogP contribution in [0.3, 0.4) is 0 Å². The number of hydrogen-bond donors (Lipinski definition) is 1. The van der Waals surface area contributed by atoms with E-state index in [1.807, 2.05) is 6.07 Å². The number of ketones is 1. The van der Waals surface area contributed by atoms with Crippen LogP contribution in [0.2, 0.25) is 10.0 Å². The smallest absolute Gasteiger partial charge is 0.296 e. The van der Waals surface area contributed by atoms with Gasteiger partial charge in [-0.3, -0.25) is 14.6 Å². The van der Waals surface area contributed by atoms with Gasteiger partial charge in [-0.25, -0.2) is 4.98 Å². The van der Waals surface area contributed by atoms with Crippen molar-refractivity contribution in [3.05, 3.63) is 87.9 Å².